The van der Waals surface area contributed by atoms with Crippen molar-refractivity contribution in [2.24, 2.45) is 5.90 Å². The van der Waals surface area contributed by atoms with E-state index in [1.807, 2.05) is 0 Å². The van der Waals surface area contributed by atoms with Crippen molar-refractivity contribution in [2.75, 3.05) is 172 Å². The van der Waals surface area contributed by atoms with Gasteiger partial charge in [-0.3, -0.25) is 24.1 Å². The average molecular weight is 784 g/mol. The molecule has 3 N–H and O–H groups in total. The van der Waals surface area contributed by atoms with Gasteiger partial charge >= 0.3 is 5.97 Å². The van der Waals surface area contributed by atoms with Gasteiger partial charge in [0, 0.05) is 31.7 Å². The molecule has 0 aromatic rings. The van der Waals surface area contributed by atoms with Gasteiger partial charge in [0.05, 0.1) is 165 Å². The van der Waals surface area contributed by atoms with E-state index in [-0.39, 0.29) is 31.9 Å². The first-order chi connectivity index (χ1) is 26.5. The molecule has 0 aromatic heterocycles. The molecule has 0 aromatic carbocycles. The van der Waals surface area contributed by atoms with Gasteiger partial charge < -0.3 is 67.0 Å². The van der Waals surface area contributed by atoms with E-state index in [9.17, 15) is 19.2 Å². The van der Waals surface area contributed by atoms with Gasteiger partial charge in [0.2, 0.25) is 5.91 Å². The van der Waals surface area contributed by atoms with Crippen molar-refractivity contribution in [3.8, 4) is 0 Å². The molecule has 0 fully saturated rings. The Hall–Kier alpha value is -2.70. The van der Waals surface area contributed by atoms with Crippen molar-refractivity contribution in [1.29, 1.82) is 0 Å². The number of nitrogens with two attached hydrogens (primary N) is 1. The second kappa shape index (κ2) is 38.6. The van der Waals surface area contributed by atoms with E-state index in [2.05, 4.69) is 10.2 Å². The maximum absolute atomic E-state index is 11.8. The highest BCUT2D eigenvalue weighted by molar-refractivity contribution is 6.13. The summed E-state index contributed by atoms with van der Waals surface area (Å²) in [7, 11) is 0. The van der Waals surface area contributed by atoms with E-state index in [1.165, 1.54) is 12.2 Å². The zero-order valence-corrected chi connectivity index (χ0v) is 31.4. The van der Waals surface area contributed by atoms with Gasteiger partial charge in [-0.15, -0.1) is 0 Å². The van der Waals surface area contributed by atoms with E-state index in [1.54, 1.807) is 0 Å². The summed E-state index contributed by atoms with van der Waals surface area (Å²) in [5.74, 6) is 3.15. The Labute approximate surface area is 317 Å². The molecule has 0 radical (unpaired) electrons. The largest absolute Gasteiger partial charge is 0.378 e. The molecule has 0 bridgehead atoms. The minimum atomic E-state index is -0.516. The fraction of sp³-hybridized carbons (Fsp3) is 0.824. The topological polar surface area (TPSA) is 230 Å². The molecule has 1 aliphatic heterocycles. The quantitative estimate of drug-likeness (QED) is 0.0405. The summed E-state index contributed by atoms with van der Waals surface area (Å²) in [4.78, 5) is 50.5. The zero-order chi connectivity index (χ0) is 39.0. The number of carbonyl (C=O) groups excluding carboxylic acids is 4. The van der Waals surface area contributed by atoms with Gasteiger partial charge in [0.25, 0.3) is 11.8 Å². The number of ether oxygens (including phenoxy) is 12. The van der Waals surface area contributed by atoms with Crippen LogP contribution in [0.3, 0.4) is 0 Å². The lowest BCUT2D eigenvalue weighted by atomic mass is 10.3. The Morgan fingerprint density at radius 2 is 0.722 bits per heavy atom. The molecule has 3 amide bonds. The summed E-state index contributed by atoms with van der Waals surface area (Å²) in [5, 5.41) is 2.67. The van der Waals surface area contributed by atoms with Crippen molar-refractivity contribution in [3.05, 3.63) is 12.2 Å². The standard InChI is InChI=1S/C34H61N3O17/c35-54-34(41)4-7-42-9-11-44-13-15-46-17-19-48-21-23-50-25-27-52-29-30-53-28-26-51-24-22-49-20-18-47-16-14-45-12-10-43-8-5-36-31(38)3-6-37-32(39)1-2-33(37)40/h1-2H,3-30,35H2,(H,36,38). The smallest absolute Gasteiger partial charge is 0.326 e. The lowest BCUT2D eigenvalue weighted by Gasteiger charge is -2.13. The summed E-state index contributed by atoms with van der Waals surface area (Å²) in [6, 6.07) is 0. The minimum absolute atomic E-state index is 0.0474. The van der Waals surface area contributed by atoms with Crippen LogP contribution in [0.5, 0.6) is 0 Å². The van der Waals surface area contributed by atoms with E-state index in [0.717, 1.165) is 4.90 Å². The first-order valence-corrected chi connectivity index (χ1v) is 18.2. The molecule has 1 aliphatic rings. The molecule has 0 atom stereocenters. The number of hydrogen-bond acceptors (Lipinski definition) is 18. The fourth-order valence-electron chi connectivity index (χ4n) is 3.95. The molecule has 0 spiro atoms. The van der Waals surface area contributed by atoms with Crippen molar-refractivity contribution in [1.82, 2.24) is 10.2 Å². The van der Waals surface area contributed by atoms with E-state index < -0.39 is 17.8 Å². The molecule has 0 saturated carbocycles. The third-order valence-electron chi connectivity index (χ3n) is 6.71. The molecular weight excluding hydrogens is 722 g/mol. The Bertz CT molecular complexity index is 945. The molecule has 1 heterocycles. The second-order valence-corrected chi connectivity index (χ2v) is 10.8. The van der Waals surface area contributed by atoms with E-state index in [4.69, 9.17) is 62.7 Å². The highest BCUT2D eigenvalue weighted by atomic mass is 16.7. The van der Waals surface area contributed by atoms with E-state index >= 15 is 0 Å². The summed E-state index contributed by atoms with van der Waals surface area (Å²) in [5.41, 5.74) is 0. The lowest BCUT2D eigenvalue weighted by molar-refractivity contribution is -0.145. The summed E-state index contributed by atoms with van der Waals surface area (Å²) in [6.45, 7) is 10.8. The van der Waals surface area contributed by atoms with Crippen LogP contribution in [0.4, 0.5) is 0 Å². The monoisotopic (exact) mass is 783 g/mol. The molecule has 20 nitrogen and oxygen atoms in total. The molecule has 314 valence electrons. The van der Waals surface area contributed by atoms with Crippen LogP contribution in [-0.2, 0) is 80.9 Å². The van der Waals surface area contributed by atoms with Crippen molar-refractivity contribution >= 4 is 23.7 Å². The van der Waals surface area contributed by atoms with Crippen molar-refractivity contribution in [3.63, 3.8) is 0 Å². The van der Waals surface area contributed by atoms with Gasteiger partial charge in [0.1, 0.15) is 0 Å². The second-order valence-electron chi connectivity index (χ2n) is 10.8. The highest BCUT2D eigenvalue weighted by Gasteiger charge is 2.23. The minimum Gasteiger partial charge on any atom is -0.378 e. The number of rotatable bonds is 42. The maximum Gasteiger partial charge on any atom is 0.326 e. The molecule has 0 saturated heterocycles. The SMILES string of the molecule is NOC(=O)CCOCCOCCOCCOCCOCCOCCOCCOCCOCCOCCOCCOCCNC(=O)CCN1C(=O)C=CC1=O. The molecule has 1 rings (SSSR count). The Kier molecular flexibility index (Phi) is 35.2. The Morgan fingerprint density at radius 1 is 0.444 bits per heavy atom. The van der Waals surface area contributed by atoms with Crippen LogP contribution in [0.1, 0.15) is 12.8 Å². The molecule has 20 heteroatoms. The van der Waals surface area contributed by atoms with Crippen LogP contribution in [0.15, 0.2) is 12.2 Å². The molecule has 54 heavy (non-hydrogen) atoms. The van der Waals surface area contributed by atoms with Gasteiger partial charge in [-0.1, -0.05) is 0 Å². The normalized spacial score (nSPS) is 12.6. The van der Waals surface area contributed by atoms with Gasteiger partial charge in [-0.25, -0.2) is 0 Å². The van der Waals surface area contributed by atoms with Crippen LogP contribution in [0.2, 0.25) is 0 Å². The summed E-state index contributed by atoms with van der Waals surface area (Å²) >= 11 is 0. The third-order valence-corrected chi connectivity index (χ3v) is 6.71. The van der Waals surface area contributed by atoms with Crippen molar-refractivity contribution in [2.45, 2.75) is 12.8 Å². The molecule has 0 unspecified atom stereocenters. The predicted octanol–water partition coefficient (Wildman–Crippen LogP) is -1.58. The Morgan fingerprint density at radius 3 is 1.02 bits per heavy atom. The fourth-order valence-corrected chi connectivity index (χ4v) is 3.95. The van der Waals surface area contributed by atoms with Gasteiger partial charge in [0.15, 0.2) is 0 Å². The van der Waals surface area contributed by atoms with Gasteiger partial charge in [-0.05, 0) is 0 Å². The summed E-state index contributed by atoms with van der Waals surface area (Å²) < 4.78 is 65.0. The number of imide groups is 1. The lowest BCUT2D eigenvalue weighted by Crippen LogP contribution is -2.35. The molecule has 0 aliphatic carbocycles. The number of amides is 3. The van der Waals surface area contributed by atoms with Crippen LogP contribution >= 0.6 is 0 Å². The van der Waals surface area contributed by atoms with E-state index in [0.29, 0.717) is 159 Å². The van der Waals surface area contributed by atoms with Crippen LogP contribution in [0, 0.1) is 0 Å². The highest BCUT2D eigenvalue weighted by Crippen LogP contribution is 2.04. The van der Waals surface area contributed by atoms with Crippen LogP contribution < -0.4 is 11.2 Å². The summed E-state index contributed by atoms with van der Waals surface area (Å²) in [6.07, 6.45) is 2.54. The zero-order valence-electron chi connectivity index (χ0n) is 31.4. The number of nitrogens with one attached hydrogen (secondary N) is 1. The number of nitrogens with zero attached hydrogens (tertiary/aromatic N) is 1. The predicted molar refractivity (Wildman–Crippen MR) is 188 cm³/mol. The maximum atomic E-state index is 11.8. The Balaban J connectivity index is 1.64. The average Bonchev–Trinajstić information content (AvgIpc) is 3.50. The van der Waals surface area contributed by atoms with Gasteiger partial charge in [-0.2, -0.15) is 5.90 Å². The van der Waals surface area contributed by atoms with Crippen molar-refractivity contribution < 1.29 is 80.9 Å². The number of carbonyl (C=O) groups is 4. The number of hydrogen-bond donors (Lipinski definition) is 2. The van der Waals surface area contributed by atoms with Crippen LogP contribution in [0.25, 0.3) is 0 Å². The first-order valence-electron chi connectivity index (χ1n) is 18.2. The first kappa shape index (κ1) is 49.3. The molecular formula is C34H61N3O17. The third kappa shape index (κ3) is 32.7. The van der Waals surface area contributed by atoms with Crippen LogP contribution in [-0.4, -0.2) is 200 Å².